The Balaban J connectivity index is 0.00000222. The number of carbonyl (C=O) groups excluding carboxylic acids is 1. The lowest BCUT2D eigenvalue weighted by Gasteiger charge is -2.37. The number of ether oxygens (including phenoxy) is 2. The Hall–Kier alpha value is -2.63. The first-order chi connectivity index (χ1) is 17.3. The van der Waals surface area contributed by atoms with Crippen LogP contribution < -0.4 is 0 Å². The number of Topliss-reactive ketones (excluding diaryl/α,β-unsaturated/α-hetero) is 1. The van der Waals surface area contributed by atoms with Gasteiger partial charge in [0.1, 0.15) is 11.6 Å². The van der Waals surface area contributed by atoms with E-state index in [1.807, 2.05) is 45.9 Å². The van der Waals surface area contributed by atoms with Gasteiger partial charge in [0.25, 0.3) is 0 Å². The molecule has 36 heavy (non-hydrogen) atoms. The molecule has 3 rings (SSSR count). The third-order valence-electron chi connectivity index (χ3n) is 6.47. The molecule has 0 amide bonds. The number of aliphatic imine (C=N–C) groups is 1. The van der Waals surface area contributed by atoms with Gasteiger partial charge >= 0.3 is 0 Å². The zero-order chi connectivity index (χ0) is 26.7. The first kappa shape index (κ1) is 29.6. The first-order valence-corrected chi connectivity index (χ1v) is 13.2. The Bertz CT molecular complexity index is 1010. The number of benzene rings is 1. The summed E-state index contributed by atoms with van der Waals surface area (Å²) in [4.78, 5) is 17.7. The minimum Gasteiger partial charge on any atom is -0.346 e. The van der Waals surface area contributed by atoms with Crippen molar-refractivity contribution in [3.05, 3.63) is 77.7 Å². The second-order valence-corrected chi connectivity index (χ2v) is 9.28. The summed E-state index contributed by atoms with van der Waals surface area (Å²) in [7, 11) is 0. The van der Waals surface area contributed by atoms with Crippen LogP contribution in [0.4, 0.5) is 4.39 Å². The van der Waals surface area contributed by atoms with Gasteiger partial charge in [0.05, 0.1) is 30.0 Å². The third kappa shape index (κ3) is 6.98. The summed E-state index contributed by atoms with van der Waals surface area (Å²) in [5.74, 6) is -0.189. The molecule has 4 nitrogen and oxygen atoms in total. The third-order valence-corrected chi connectivity index (χ3v) is 6.47. The lowest BCUT2D eigenvalue weighted by Crippen LogP contribution is -2.48. The molecule has 1 atom stereocenters. The largest absolute Gasteiger partial charge is 0.346 e. The maximum absolute atomic E-state index is 13.6. The molecule has 0 aliphatic carbocycles. The molecule has 2 aliphatic rings. The molecular weight excluding hydrogens is 453 g/mol. The zero-order valence-electron chi connectivity index (χ0n) is 22.8. The number of hydrogen-bond acceptors (Lipinski definition) is 4. The molecule has 0 N–H and O–H groups in total. The van der Waals surface area contributed by atoms with Crippen LogP contribution in [0.25, 0.3) is 5.70 Å². The van der Waals surface area contributed by atoms with E-state index in [2.05, 4.69) is 20.4 Å². The maximum Gasteiger partial charge on any atom is 0.197 e. The Morgan fingerprint density at radius 1 is 1.19 bits per heavy atom. The van der Waals surface area contributed by atoms with Gasteiger partial charge in [0.15, 0.2) is 6.29 Å². The quantitative estimate of drug-likeness (QED) is 0.245. The highest BCUT2D eigenvalue weighted by molar-refractivity contribution is 6.03. The second kappa shape index (κ2) is 14.2. The van der Waals surface area contributed by atoms with E-state index in [4.69, 9.17) is 14.5 Å². The number of allylic oxidation sites excluding steroid dienone is 6. The monoisotopic (exact) mass is 495 g/mol. The van der Waals surface area contributed by atoms with Gasteiger partial charge in [-0.2, -0.15) is 0 Å². The van der Waals surface area contributed by atoms with Gasteiger partial charge in [-0.05, 0) is 55.7 Å². The summed E-state index contributed by atoms with van der Waals surface area (Å²) in [5.41, 5.74) is 3.70. The fraction of sp³-hybridized carbons (Fsp3) is 0.484. The Morgan fingerprint density at radius 2 is 1.83 bits per heavy atom. The van der Waals surface area contributed by atoms with Gasteiger partial charge in [0.2, 0.25) is 0 Å². The number of unbranched alkanes of at least 4 members (excludes halogenated alkanes) is 2. The fourth-order valence-corrected chi connectivity index (χ4v) is 4.43. The van der Waals surface area contributed by atoms with Crippen molar-refractivity contribution in [2.24, 2.45) is 16.3 Å². The van der Waals surface area contributed by atoms with Crippen LogP contribution in [0.15, 0.2) is 71.3 Å². The normalized spacial score (nSPS) is 24.4. The lowest BCUT2D eigenvalue weighted by molar-refractivity contribution is -0.196. The SMILES string of the molecule is C=C/C=C(\C=C/C)C1=C(c2ccc(F)cc2)N=C(C2OCC(C)(C(=O)CCCCC)CO2)C1C.CC. The predicted molar refractivity (Wildman–Crippen MR) is 147 cm³/mol. The lowest BCUT2D eigenvalue weighted by atomic mass is 9.83. The topological polar surface area (TPSA) is 47.9 Å². The van der Waals surface area contributed by atoms with E-state index >= 15 is 0 Å². The molecule has 2 aliphatic heterocycles. The number of hydrogen-bond donors (Lipinski definition) is 0. The van der Waals surface area contributed by atoms with Crippen LogP contribution in [-0.2, 0) is 14.3 Å². The fourth-order valence-electron chi connectivity index (χ4n) is 4.43. The van der Waals surface area contributed by atoms with Crippen molar-refractivity contribution >= 4 is 17.2 Å². The van der Waals surface area contributed by atoms with Crippen molar-refractivity contribution in [1.82, 2.24) is 0 Å². The molecule has 1 aromatic rings. The van der Waals surface area contributed by atoms with Crippen molar-refractivity contribution in [3.63, 3.8) is 0 Å². The smallest absolute Gasteiger partial charge is 0.197 e. The highest BCUT2D eigenvalue weighted by Gasteiger charge is 2.42. The van der Waals surface area contributed by atoms with Crippen LogP contribution >= 0.6 is 0 Å². The Labute approximate surface area is 216 Å². The van der Waals surface area contributed by atoms with E-state index in [0.29, 0.717) is 19.6 Å². The number of carbonyl (C=O) groups is 1. The van der Waals surface area contributed by atoms with Gasteiger partial charge in [0, 0.05) is 17.9 Å². The minimum absolute atomic E-state index is 0.0861. The van der Waals surface area contributed by atoms with E-state index in [1.165, 1.54) is 12.1 Å². The molecule has 2 heterocycles. The van der Waals surface area contributed by atoms with E-state index in [9.17, 15) is 9.18 Å². The van der Waals surface area contributed by atoms with Crippen LogP contribution in [0, 0.1) is 17.2 Å². The summed E-state index contributed by atoms with van der Waals surface area (Å²) in [6.07, 6.45) is 10.6. The van der Waals surface area contributed by atoms with Crippen LogP contribution in [0.3, 0.4) is 0 Å². The molecule has 1 aromatic carbocycles. The van der Waals surface area contributed by atoms with E-state index < -0.39 is 11.7 Å². The highest BCUT2D eigenvalue weighted by Crippen LogP contribution is 2.40. The second-order valence-electron chi connectivity index (χ2n) is 9.28. The zero-order valence-corrected chi connectivity index (χ0v) is 22.8. The van der Waals surface area contributed by atoms with Crippen molar-refractivity contribution in [2.75, 3.05) is 13.2 Å². The molecule has 0 aromatic heterocycles. The van der Waals surface area contributed by atoms with Crippen molar-refractivity contribution in [2.45, 2.75) is 73.5 Å². The molecule has 0 spiro atoms. The van der Waals surface area contributed by atoms with Crippen LogP contribution in [0.5, 0.6) is 0 Å². The van der Waals surface area contributed by atoms with E-state index in [0.717, 1.165) is 47.4 Å². The minimum atomic E-state index is -0.637. The summed E-state index contributed by atoms with van der Waals surface area (Å²) < 4.78 is 25.8. The van der Waals surface area contributed by atoms with Crippen LogP contribution in [-0.4, -0.2) is 31.0 Å². The van der Waals surface area contributed by atoms with Crippen molar-refractivity contribution in [1.29, 1.82) is 0 Å². The van der Waals surface area contributed by atoms with Gasteiger partial charge < -0.3 is 9.47 Å². The maximum atomic E-state index is 13.6. The number of ketones is 1. The van der Waals surface area contributed by atoms with E-state index in [-0.39, 0.29) is 17.5 Å². The molecule has 0 saturated carbocycles. The first-order valence-electron chi connectivity index (χ1n) is 13.2. The average molecular weight is 496 g/mol. The molecule has 196 valence electrons. The summed E-state index contributed by atoms with van der Waals surface area (Å²) in [5, 5.41) is 0. The van der Waals surface area contributed by atoms with Gasteiger partial charge in [-0.25, -0.2) is 4.39 Å². The number of nitrogens with zero attached hydrogens (tertiary/aromatic N) is 1. The van der Waals surface area contributed by atoms with Crippen LogP contribution in [0.1, 0.15) is 72.8 Å². The highest BCUT2D eigenvalue weighted by atomic mass is 19.1. The van der Waals surface area contributed by atoms with Gasteiger partial charge in [-0.3, -0.25) is 9.79 Å². The van der Waals surface area contributed by atoms with Crippen LogP contribution in [0.2, 0.25) is 0 Å². The molecule has 0 radical (unpaired) electrons. The summed E-state index contributed by atoms with van der Waals surface area (Å²) >= 11 is 0. The van der Waals surface area contributed by atoms with Crippen molar-refractivity contribution < 1.29 is 18.7 Å². The Morgan fingerprint density at radius 3 is 2.39 bits per heavy atom. The number of halogens is 1. The standard InChI is InChI=1S/C29H36FNO3.C2H6/c1-6-9-10-13-24(32)29(5)18-33-28(34-19-29)26-20(4)25(21(11-7-2)12-8-3)27(31-26)22-14-16-23(30)17-15-22;1-2/h7-8,11-12,14-17,20,28H,2,6,9-10,13,18-19H2,1,3-5H3;1-2H3/b12-8-,21-11+;. The molecule has 5 heteroatoms. The summed E-state index contributed by atoms with van der Waals surface area (Å²) in [6.45, 7) is 16.5. The average Bonchev–Trinajstić information content (AvgIpc) is 3.23. The van der Waals surface area contributed by atoms with Gasteiger partial charge in [-0.15, -0.1) is 0 Å². The predicted octanol–water partition coefficient (Wildman–Crippen LogP) is 7.87. The van der Waals surface area contributed by atoms with Crippen molar-refractivity contribution in [3.8, 4) is 0 Å². The molecule has 1 unspecified atom stereocenters. The Kier molecular flexibility index (Phi) is 11.7. The van der Waals surface area contributed by atoms with E-state index in [1.54, 1.807) is 18.2 Å². The summed E-state index contributed by atoms with van der Waals surface area (Å²) in [6, 6.07) is 6.35. The molecule has 1 saturated heterocycles. The molecular formula is C31H42FNO3. The molecule has 0 bridgehead atoms. The van der Waals surface area contributed by atoms with Gasteiger partial charge in [-0.1, -0.05) is 71.4 Å². The molecule has 1 fully saturated rings. The number of rotatable bonds is 10.